The van der Waals surface area contributed by atoms with Crippen molar-refractivity contribution in [1.82, 2.24) is 14.8 Å². The van der Waals surface area contributed by atoms with Crippen LogP contribution in [0.2, 0.25) is 30.8 Å². The summed E-state index contributed by atoms with van der Waals surface area (Å²) in [5.74, 6) is 0.781. The Morgan fingerprint density at radius 1 is 1.15 bits per heavy atom. The third-order valence-electron chi connectivity index (χ3n) is 4.32. The molecule has 0 aliphatic heterocycles. The summed E-state index contributed by atoms with van der Waals surface area (Å²) >= 11 is 6.11. The van der Waals surface area contributed by atoms with Crippen LogP contribution in [0.4, 0.5) is 0 Å². The van der Waals surface area contributed by atoms with Gasteiger partial charge in [-0.1, -0.05) is 31.2 Å². The largest absolute Gasteiger partial charge is 0.487 e. The van der Waals surface area contributed by atoms with E-state index in [9.17, 15) is 0 Å². The third-order valence-corrected chi connectivity index (χ3v) is 6.32. The molecule has 0 aliphatic carbocycles. The van der Waals surface area contributed by atoms with Crippen LogP contribution in [0.1, 0.15) is 11.4 Å². The third kappa shape index (κ3) is 5.54. The molecule has 144 valence electrons. The highest BCUT2D eigenvalue weighted by atomic mass is 35.5. The molecule has 0 saturated carbocycles. The number of hydrogen-bond donors (Lipinski definition) is 0. The number of rotatable bonds is 8. The minimum atomic E-state index is -1.06. The predicted octanol–water partition coefficient (Wildman–Crippen LogP) is 5.28. The zero-order chi connectivity index (χ0) is 19.4. The van der Waals surface area contributed by atoms with Crippen LogP contribution in [0.15, 0.2) is 36.5 Å². The Morgan fingerprint density at radius 3 is 2.74 bits per heavy atom. The van der Waals surface area contributed by atoms with Gasteiger partial charge >= 0.3 is 0 Å². The summed E-state index contributed by atoms with van der Waals surface area (Å²) in [6.45, 7) is 10.8. The van der Waals surface area contributed by atoms with Crippen molar-refractivity contribution in [2.75, 3.05) is 6.61 Å². The number of aryl methyl sites for hydroxylation is 1. The maximum Gasteiger partial charge on any atom is 0.139 e. The molecule has 2 heterocycles. The standard InChI is InChI=1S/C20H26ClN3O2Si/c1-15-11-17(23-24(15)14-25-9-10-27(2,3)4)13-26-18-5-6-19-16(12-18)7-8-22-20(19)21/h5-8,11-12H,9-10,13-14H2,1-4H3. The number of aromatic nitrogens is 3. The Hall–Kier alpha value is -1.89. The summed E-state index contributed by atoms with van der Waals surface area (Å²) in [5.41, 5.74) is 1.95. The molecule has 0 bridgehead atoms. The maximum absolute atomic E-state index is 6.11. The molecule has 2 aromatic heterocycles. The minimum absolute atomic E-state index is 0.410. The van der Waals surface area contributed by atoms with Crippen LogP contribution in [0.25, 0.3) is 10.8 Å². The van der Waals surface area contributed by atoms with Crippen LogP contribution >= 0.6 is 11.6 Å². The van der Waals surface area contributed by atoms with Crippen LogP contribution in [0.3, 0.4) is 0 Å². The summed E-state index contributed by atoms with van der Waals surface area (Å²) < 4.78 is 13.6. The first-order valence-corrected chi connectivity index (χ1v) is 13.2. The number of pyridine rings is 1. The Morgan fingerprint density at radius 2 is 1.96 bits per heavy atom. The van der Waals surface area contributed by atoms with Gasteiger partial charge < -0.3 is 9.47 Å². The Balaban J connectivity index is 1.57. The van der Waals surface area contributed by atoms with Gasteiger partial charge in [0, 0.05) is 32.0 Å². The highest BCUT2D eigenvalue weighted by Gasteiger charge is 2.12. The fraction of sp³-hybridized carbons (Fsp3) is 0.400. The van der Waals surface area contributed by atoms with Crippen molar-refractivity contribution < 1.29 is 9.47 Å². The van der Waals surface area contributed by atoms with Crippen molar-refractivity contribution in [2.45, 2.75) is 45.9 Å². The molecule has 3 aromatic rings. The zero-order valence-electron chi connectivity index (χ0n) is 16.3. The lowest BCUT2D eigenvalue weighted by Crippen LogP contribution is -2.22. The van der Waals surface area contributed by atoms with Crippen molar-refractivity contribution in [3.63, 3.8) is 0 Å². The molecule has 0 fully saturated rings. The molecule has 0 amide bonds. The summed E-state index contributed by atoms with van der Waals surface area (Å²) in [4.78, 5) is 4.09. The number of nitrogens with zero attached hydrogens (tertiary/aromatic N) is 3. The second-order valence-corrected chi connectivity index (χ2v) is 13.9. The molecule has 0 N–H and O–H groups in total. The van der Waals surface area contributed by atoms with Crippen LogP contribution in [0.5, 0.6) is 5.75 Å². The monoisotopic (exact) mass is 403 g/mol. The van der Waals surface area contributed by atoms with Crippen molar-refractivity contribution >= 4 is 30.4 Å². The molecule has 7 heteroatoms. The van der Waals surface area contributed by atoms with E-state index in [2.05, 4.69) is 29.7 Å². The van der Waals surface area contributed by atoms with Crippen molar-refractivity contribution in [3.8, 4) is 5.75 Å². The van der Waals surface area contributed by atoms with E-state index in [-0.39, 0.29) is 0 Å². The average molecular weight is 404 g/mol. The molecule has 5 nitrogen and oxygen atoms in total. The Kier molecular flexibility index (Phi) is 6.19. The van der Waals surface area contributed by atoms with Gasteiger partial charge in [0.2, 0.25) is 0 Å². The number of ether oxygens (including phenoxy) is 2. The van der Waals surface area contributed by atoms with Gasteiger partial charge in [-0.2, -0.15) is 5.10 Å². The number of benzene rings is 1. The van der Waals surface area contributed by atoms with E-state index in [1.54, 1.807) is 6.20 Å². The molecule has 0 saturated heterocycles. The number of hydrogen-bond acceptors (Lipinski definition) is 4. The second-order valence-electron chi connectivity index (χ2n) is 7.90. The van der Waals surface area contributed by atoms with E-state index in [1.807, 2.05) is 41.9 Å². The zero-order valence-corrected chi connectivity index (χ0v) is 18.1. The molecule has 0 radical (unpaired) electrons. The SMILES string of the molecule is Cc1cc(COc2ccc3c(Cl)nccc3c2)nn1COCC[Si](C)(C)C. The predicted molar refractivity (Wildman–Crippen MR) is 112 cm³/mol. The molecule has 0 atom stereocenters. The topological polar surface area (TPSA) is 49.2 Å². The van der Waals surface area contributed by atoms with E-state index in [0.717, 1.165) is 40.6 Å². The normalized spacial score (nSPS) is 11.9. The van der Waals surface area contributed by atoms with Gasteiger partial charge in [0.15, 0.2) is 0 Å². The average Bonchev–Trinajstić information content (AvgIpc) is 2.96. The number of halogens is 1. The molecular formula is C20H26ClN3O2Si. The lowest BCUT2D eigenvalue weighted by atomic mass is 10.2. The van der Waals surface area contributed by atoms with E-state index in [4.69, 9.17) is 21.1 Å². The summed E-state index contributed by atoms with van der Waals surface area (Å²) in [5, 5.41) is 7.01. The van der Waals surface area contributed by atoms with Gasteiger partial charge in [-0.15, -0.1) is 0 Å². The molecule has 1 aromatic carbocycles. The van der Waals surface area contributed by atoms with Gasteiger partial charge in [0.05, 0.1) is 0 Å². The van der Waals surface area contributed by atoms with Gasteiger partial charge in [-0.3, -0.25) is 0 Å². The summed E-state index contributed by atoms with van der Waals surface area (Å²) in [7, 11) is -1.06. The van der Waals surface area contributed by atoms with Crippen LogP contribution in [-0.2, 0) is 18.1 Å². The Bertz CT molecular complexity index is 921. The molecule has 0 spiro atoms. The summed E-state index contributed by atoms with van der Waals surface area (Å²) in [6.07, 6.45) is 1.70. The molecule has 0 aliphatic rings. The fourth-order valence-corrected chi connectivity index (χ4v) is 3.66. The Labute approximate surface area is 166 Å². The molecule has 27 heavy (non-hydrogen) atoms. The highest BCUT2D eigenvalue weighted by Crippen LogP contribution is 2.25. The van der Waals surface area contributed by atoms with Crippen LogP contribution < -0.4 is 4.74 Å². The van der Waals surface area contributed by atoms with E-state index in [1.165, 1.54) is 0 Å². The van der Waals surface area contributed by atoms with E-state index >= 15 is 0 Å². The van der Waals surface area contributed by atoms with Gasteiger partial charge in [-0.05, 0) is 48.7 Å². The van der Waals surface area contributed by atoms with Crippen LogP contribution in [0, 0.1) is 6.92 Å². The first-order valence-electron chi connectivity index (χ1n) is 9.10. The number of fused-ring (bicyclic) bond motifs is 1. The van der Waals surface area contributed by atoms with Gasteiger partial charge in [0.1, 0.15) is 29.9 Å². The molecular weight excluding hydrogens is 378 g/mol. The minimum Gasteiger partial charge on any atom is -0.487 e. The van der Waals surface area contributed by atoms with Crippen LogP contribution in [-0.4, -0.2) is 29.4 Å². The van der Waals surface area contributed by atoms with Crippen molar-refractivity contribution in [3.05, 3.63) is 53.1 Å². The van der Waals surface area contributed by atoms with Crippen molar-refractivity contribution in [2.24, 2.45) is 0 Å². The molecule has 3 rings (SSSR count). The summed E-state index contributed by atoms with van der Waals surface area (Å²) in [6, 6.07) is 10.9. The maximum atomic E-state index is 6.11. The first-order chi connectivity index (χ1) is 12.8. The van der Waals surface area contributed by atoms with E-state index in [0.29, 0.717) is 18.5 Å². The lowest BCUT2D eigenvalue weighted by Gasteiger charge is -2.15. The molecule has 0 unspecified atom stereocenters. The highest BCUT2D eigenvalue weighted by molar-refractivity contribution is 6.76. The fourth-order valence-electron chi connectivity index (χ4n) is 2.68. The van der Waals surface area contributed by atoms with E-state index < -0.39 is 8.07 Å². The van der Waals surface area contributed by atoms with Gasteiger partial charge in [-0.25, -0.2) is 9.67 Å². The second kappa shape index (κ2) is 8.42. The van der Waals surface area contributed by atoms with Gasteiger partial charge in [0.25, 0.3) is 0 Å². The first kappa shape index (κ1) is 19.9. The van der Waals surface area contributed by atoms with Crippen molar-refractivity contribution in [1.29, 1.82) is 0 Å². The lowest BCUT2D eigenvalue weighted by molar-refractivity contribution is 0.0765. The quantitative estimate of drug-likeness (QED) is 0.291. The smallest absolute Gasteiger partial charge is 0.139 e.